The summed E-state index contributed by atoms with van der Waals surface area (Å²) in [7, 11) is 0. The quantitative estimate of drug-likeness (QED) is 0.580. The van der Waals surface area contributed by atoms with E-state index in [0.717, 1.165) is 12.0 Å². The van der Waals surface area contributed by atoms with Gasteiger partial charge < -0.3 is 18.6 Å². The maximum atomic E-state index is 12.8. The van der Waals surface area contributed by atoms with Gasteiger partial charge in [-0.2, -0.15) is 0 Å². The highest BCUT2D eigenvalue weighted by atomic mass is 16.6. The largest absolute Gasteiger partial charge is 0.472 e. The Morgan fingerprint density at radius 1 is 1.04 bits per heavy atom. The molecule has 8 unspecified atom stereocenters. The van der Waals surface area contributed by atoms with Gasteiger partial charge in [0.1, 0.15) is 18.3 Å². The van der Waals surface area contributed by atoms with E-state index in [1.54, 1.807) is 12.5 Å². The van der Waals surface area contributed by atoms with Gasteiger partial charge in [0.2, 0.25) is 0 Å². The highest BCUT2D eigenvalue weighted by Gasteiger charge is 2.60. The minimum absolute atomic E-state index is 0.0858. The summed E-state index contributed by atoms with van der Waals surface area (Å²) in [6.07, 6.45) is 4.82. The van der Waals surface area contributed by atoms with Crippen LogP contribution in [0.4, 0.5) is 0 Å². The molecule has 0 spiro atoms. The number of hydrogen-bond acceptors (Lipinski definition) is 7. The first-order valence-electron chi connectivity index (χ1n) is 9.61. The Hall–Kier alpha value is -2.31. The van der Waals surface area contributed by atoms with Gasteiger partial charge in [-0.3, -0.25) is 14.4 Å². The molecule has 7 nitrogen and oxygen atoms in total. The lowest BCUT2D eigenvalue weighted by atomic mass is 9.55. The van der Waals surface area contributed by atoms with E-state index in [1.807, 2.05) is 6.07 Å². The van der Waals surface area contributed by atoms with E-state index < -0.39 is 6.10 Å². The number of esters is 3. The van der Waals surface area contributed by atoms with Crippen LogP contribution in [-0.2, 0) is 28.6 Å². The Balaban J connectivity index is 1.48. The molecular weight excluding hydrogens is 352 g/mol. The van der Waals surface area contributed by atoms with Gasteiger partial charge in [0.15, 0.2) is 0 Å². The second kappa shape index (κ2) is 6.11. The number of cyclic esters (lactones) is 1. The predicted molar refractivity (Wildman–Crippen MR) is 88.9 cm³/mol. The van der Waals surface area contributed by atoms with E-state index in [-0.39, 0.29) is 59.7 Å². The molecule has 8 atom stereocenters. The van der Waals surface area contributed by atoms with Crippen LogP contribution in [0.15, 0.2) is 23.0 Å². The molecule has 144 valence electrons. The normalized spacial score (nSPS) is 42.6. The average Bonchev–Trinajstić information content (AvgIpc) is 3.24. The van der Waals surface area contributed by atoms with E-state index in [2.05, 4.69) is 0 Å². The Labute approximate surface area is 156 Å². The minimum Gasteiger partial charge on any atom is -0.472 e. The molecule has 0 radical (unpaired) electrons. The monoisotopic (exact) mass is 374 g/mol. The van der Waals surface area contributed by atoms with E-state index in [0.29, 0.717) is 19.3 Å². The maximum Gasteiger partial charge on any atom is 0.309 e. The Bertz CT molecular complexity index is 769. The molecule has 2 aliphatic carbocycles. The van der Waals surface area contributed by atoms with Gasteiger partial charge >= 0.3 is 17.9 Å². The molecule has 2 saturated heterocycles. The zero-order chi connectivity index (χ0) is 18.7. The van der Waals surface area contributed by atoms with Gasteiger partial charge in [0.25, 0.3) is 0 Å². The van der Waals surface area contributed by atoms with Crippen molar-refractivity contribution in [3.63, 3.8) is 0 Å². The molecule has 2 saturated carbocycles. The molecule has 5 rings (SSSR count). The van der Waals surface area contributed by atoms with Crippen molar-refractivity contribution < 1.29 is 33.0 Å². The van der Waals surface area contributed by atoms with Crippen LogP contribution in [0.25, 0.3) is 0 Å². The zero-order valence-corrected chi connectivity index (χ0v) is 15.0. The Kier molecular flexibility index (Phi) is 3.81. The minimum atomic E-state index is -0.441. The lowest BCUT2D eigenvalue weighted by Crippen LogP contribution is -2.54. The molecule has 4 fully saturated rings. The maximum absolute atomic E-state index is 12.8. The fourth-order valence-corrected chi connectivity index (χ4v) is 5.91. The topological polar surface area (TPSA) is 92.0 Å². The third kappa shape index (κ3) is 2.66. The van der Waals surface area contributed by atoms with Crippen molar-refractivity contribution in [1.29, 1.82) is 0 Å². The third-order valence-corrected chi connectivity index (χ3v) is 6.86. The summed E-state index contributed by atoms with van der Waals surface area (Å²) >= 11 is 0. The van der Waals surface area contributed by atoms with Crippen molar-refractivity contribution in [1.82, 2.24) is 0 Å². The molecule has 27 heavy (non-hydrogen) atoms. The first kappa shape index (κ1) is 16.8. The molecule has 0 amide bonds. The fourth-order valence-electron chi connectivity index (χ4n) is 5.91. The van der Waals surface area contributed by atoms with Crippen molar-refractivity contribution in [3.8, 4) is 0 Å². The van der Waals surface area contributed by atoms with Crippen LogP contribution >= 0.6 is 0 Å². The van der Waals surface area contributed by atoms with Crippen LogP contribution in [0.1, 0.15) is 44.3 Å². The zero-order valence-electron chi connectivity index (χ0n) is 15.0. The van der Waals surface area contributed by atoms with E-state index >= 15 is 0 Å². The smallest absolute Gasteiger partial charge is 0.309 e. The third-order valence-electron chi connectivity index (χ3n) is 6.86. The number of fused-ring (bicyclic) bond motifs is 6. The van der Waals surface area contributed by atoms with Gasteiger partial charge in [-0.15, -0.1) is 0 Å². The lowest BCUT2D eigenvalue weighted by molar-refractivity contribution is -0.189. The standard InChI is InChI=1S/C20H22O7/c1-9(21)25-17-7-14-12(6-16(27-19(14)22)10-2-3-24-8-10)13-4-11-5-15(18(13)17)20(23)26-11/h2-3,8,11-18H,4-7H2,1H3. The summed E-state index contributed by atoms with van der Waals surface area (Å²) in [6.45, 7) is 1.37. The number of ether oxygens (including phenoxy) is 3. The highest BCUT2D eigenvalue weighted by molar-refractivity contribution is 5.77. The summed E-state index contributed by atoms with van der Waals surface area (Å²) in [6, 6.07) is 1.82. The number of carbonyl (C=O) groups excluding carboxylic acids is 3. The first-order chi connectivity index (χ1) is 13.0. The summed E-state index contributed by atoms with van der Waals surface area (Å²) in [5.74, 6) is -1.28. The summed E-state index contributed by atoms with van der Waals surface area (Å²) in [4.78, 5) is 36.8. The molecular formula is C20H22O7. The lowest BCUT2D eigenvalue weighted by Gasteiger charge is -2.51. The van der Waals surface area contributed by atoms with Crippen molar-refractivity contribution >= 4 is 17.9 Å². The van der Waals surface area contributed by atoms with Gasteiger partial charge in [0.05, 0.1) is 24.4 Å². The van der Waals surface area contributed by atoms with E-state index in [9.17, 15) is 14.4 Å². The van der Waals surface area contributed by atoms with Crippen molar-refractivity contribution in [2.45, 2.75) is 50.9 Å². The van der Waals surface area contributed by atoms with Crippen molar-refractivity contribution in [2.24, 2.45) is 29.6 Å². The van der Waals surface area contributed by atoms with Crippen molar-refractivity contribution in [2.75, 3.05) is 0 Å². The van der Waals surface area contributed by atoms with E-state index in [4.69, 9.17) is 18.6 Å². The average molecular weight is 374 g/mol. The molecule has 1 aromatic rings. The second-order valence-electron chi connectivity index (χ2n) is 8.25. The fraction of sp³-hybridized carbons (Fsp3) is 0.650. The van der Waals surface area contributed by atoms with Crippen LogP contribution in [0, 0.1) is 29.6 Å². The molecule has 0 aromatic carbocycles. The van der Waals surface area contributed by atoms with Crippen LogP contribution in [0.2, 0.25) is 0 Å². The molecule has 2 aliphatic heterocycles. The molecule has 0 N–H and O–H groups in total. The first-order valence-corrected chi connectivity index (χ1v) is 9.61. The number of rotatable bonds is 2. The molecule has 3 heterocycles. The predicted octanol–water partition coefficient (Wildman–Crippen LogP) is 2.40. The molecule has 2 bridgehead atoms. The Morgan fingerprint density at radius 2 is 1.85 bits per heavy atom. The second-order valence-corrected chi connectivity index (χ2v) is 8.25. The van der Waals surface area contributed by atoms with Crippen LogP contribution in [0.3, 0.4) is 0 Å². The molecule has 4 aliphatic rings. The number of hydrogen-bond donors (Lipinski definition) is 0. The summed E-state index contributed by atoms with van der Waals surface area (Å²) < 4.78 is 21.9. The number of furan rings is 1. The van der Waals surface area contributed by atoms with Crippen molar-refractivity contribution in [3.05, 3.63) is 24.2 Å². The Morgan fingerprint density at radius 3 is 2.59 bits per heavy atom. The van der Waals surface area contributed by atoms with Gasteiger partial charge in [-0.25, -0.2) is 0 Å². The number of carbonyl (C=O) groups is 3. The SMILES string of the molecule is CC(=O)OC1CC2C(=O)OC(c3ccoc3)CC2C2CC3CC(C(=O)O3)C12. The van der Waals surface area contributed by atoms with E-state index in [1.165, 1.54) is 6.92 Å². The summed E-state index contributed by atoms with van der Waals surface area (Å²) in [5.41, 5.74) is 0.853. The van der Waals surface area contributed by atoms with Gasteiger partial charge in [0, 0.05) is 18.4 Å². The van der Waals surface area contributed by atoms with Crippen LogP contribution < -0.4 is 0 Å². The highest BCUT2D eigenvalue weighted by Crippen LogP contribution is 2.57. The van der Waals surface area contributed by atoms with Gasteiger partial charge in [-0.05, 0) is 43.6 Å². The summed E-state index contributed by atoms with van der Waals surface area (Å²) in [5, 5.41) is 0. The van der Waals surface area contributed by atoms with Crippen LogP contribution in [-0.4, -0.2) is 30.1 Å². The molecule has 1 aromatic heterocycles. The van der Waals surface area contributed by atoms with Gasteiger partial charge in [-0.1, -0.05) is 0 Å². The molecule has 7 heteroatoms. The van der Waals surface area contributed by atoms with Crippen LogP contribution in [0.5, 0.6) is 0 Å².